The van der Waals surface area contributed by atoms with Gasteiger partial charge < -0.3 is 15.8 Å². The van der Waals surface area contributed by atoms with E-state index in [4.69, 9.17) is 22.5 Å². The van der Waals surface area contributed by atoms with Crippen LogP contribution in [0.2, 0.25) is 5.02 Å². The highest BCUT2D eigenvalue weighted by Crippen LogP contribution is 2.15. The molecule has 20 heavy (non-hydrogen) atoms. The van der Waals surface area contributed by atoms with Crippen LogP contribution in [-0.2, 0) is 6.54 Å². The van der Waals surface area contributed by atoms with E-state index in [0.29, 0.717) is 23.1 Å². The lowest BCUT2D eigenvalue weighted by Crippen LogP contribution is -2.20. The normalized spacial score (nSPS) is 11.4. The SMILES string of the molecule is CN(Cc1cccc(Cl)c1)c1cnc(C(N)=NO)cn1. The molecule has 0 saturated carbocycles. The number of anilines is 1. The van der Waals surface area contributed by atoms with Crippen molar-refractivity contribution in [3.8, 4) is 0 Å². The van der Waals surface area contributed by atoms with Crippen molar-refractivity contribution in [1.82, 2.24) is 9.97 Å². The van der Waals surface area contributed by atoms with Gasteiger partial charge in [-0.15, -0.1) is 0 Å². The molecule has 0 unspecified atom stereocenters. The first kappa shape index (κ1) is 14.1. The molecule has 2 rings (SSSR count). The van der Waals surface area contributed by atoms with Crippen LogP contribution in [0.3, 0.4) is 0 Å². The number of hydrogen-bond donors (Lipinski definition) is 2. The predicted octanol–water partition coefficient (Wildman–Crippen LogP) is 1.86. The van der Waals surface area contributed by atoms with Gasteiger partial charge in [0.05, 0.1) is 12.4 Å². The van der Waals surface area contributed by atoms with Crippen molar-refractivity contribution in [1.29, 1.82) is 0 Å². The number of aromatic nitrogens is 2. The van der Waals surface area contributed by atoms with E-state index in [9.17, 15) is 0 Å². The summed E-state index contributed by atoms with van der Waals surface area (Å²) in [6.45, 7) is 0.651. The molecule has 0 spiro atoms. The van der Waals surface area contributed by atoms with Crippen LogP contribution < -0.4 is 10.6 Å². The van der Waals surface area contributed by atoms with Crippen LogP contribution in [-0.4, -0.2) is 28.1 Å². The number of oxime groups is 1. The highest BCUT2D eigenvalue weighted by Gasteiger charge is 2.07. The Hall–Kier alpha value is -2.34. The van der Waals surface area contributed by atoms with E-state index in [1.807, 2.05) is 36.2 Å². The molecule has 104 valence electrons. The third-order valence-electron chi connectivity index (χ3n) is 2.71. The molecule has 1 aromatic carbocycles. The van der Waals surface area contributed by atoms with Crippen molar-refractivity contribution in [2.75, 3.05) is 11.9 Å². The number of rotatable bonds is 4. The van der Waals surface area contributed by atoms with Gasteiger partial charge in [0.25, 0.3) is 0 Å². The van der Waals surface area contributed by atoms with Crippen LogP contribution in [0.1, 0.15) is 11.3 Å². The lowest BCUT2D eigenvalue weighted by molar-refractivity contribution is 0.318. The van der Waals surface area contributed by atoms with Crippen LogP contribution in [0, 0.1) is 0 Å². The first-order chi connectivity index (χ1) is 9.60. The summed E-state index contributed by atoms with van der Waals surface area (Å²) in [6.07, 6.45) is 3.02. The number of benzene rings is 1. The maximum Gasteiger partial charge on any atom is 0.190 e. The van der Waals surface area contributed by atoms with Gasteiger partial charge in [0.15, 0.2) is 5.84 Å². The first-order valence-electron chi connectivity index (χ1n) is 5.85. The van der Waals surface area contributed by atoms with Crippen LogP contribution in [0.4, 0.5) is 5.82 Å². The minimum Gasteiger partial charge on any atom is -0.409 e. The fraction of sp³-hybridized carbons (Fsp3) is 0.154. The highest BCUT2D eigenvalue weighted by atomic mass is 35.5. The van der Waals surface area contributed by atoms with E-state index in [1.165, 1.54) is 6.20 Å². The third-order valence-corrected chi connectivity index (χ3v) is 2.94. The van der Waals surface area contributed by atoms with Crippen molar-refractivity contribution in [3.63, 3.8) is 0 Å². The summed E-state index contributed by atoms with van der Waals surface area (Å²) in [6, 6.07) is 7.62. The Balaban J connectivity index is 2.11. The van der Waals surface area contributed by atoms with E-state index in [0.717, 1.165) is 5.56 Å². The van der Waals surface area contributed by atoms with Gasteiger partial charge in [-0.2, -0.15) is 0 Å². The largest absolute Gasteiger partial charge is 0.409 e. The molecule has 0 aliphatic heterocycles. The zero-order chi connectivity index (χ0) is 14.5. The summed E-state index contributed by atoms with van der Waals surface area (Å²) in [4.78, 5) is 10.2. The highest BCUT2D eigenvalue weighted by molar-refractivity contribution is 6.30. The Bertz CT molecular complexity index is 614. The molecule has 0 amide bonds. The topological polar surface area (TPSA) is 87.6 Å². The molecule has 1 aromatic heterocycles. The monoisotopic (exact) mass is 291 g/mol. The molecule has 0 aliphatic carbocycles. The van der Waals surface area contributed by atoms with Crippen LogP contribution in [0.15, 0.2) is 41.8 Å². The van der Waals surface area contributed by atoms with E-state index in [1.54, 1.807) is 6.20 Å². The minimum atomic E-state index is -0.0680. The molecule has 0 aliphatic rings. The molecule has 0 fully saturated rings. The first-order valence-corrected chi connectivity index (χ1v) is 6.23. The van der Waals surface area contributed by atoms with Gasteiger partial charge in [-0.1, -0.05) is 28.9 Å². The number of halogens is 1. The Morgan fingerprint density at radius 2 is 2.20 bits per heavy atom. The standard InChI is InChI=1S/C13H14ClN5O/c1-19(8-9-3-2-4-10(14)5-9)12-7-16-11(6-17-12)13(15)18-20/h2-7,20H,8H2,1H3,(H2,15,18). The number of nitrogens with two attached hydrogens (primary N) is 1. The van der Waals surface area contributed by atoms with Crippen LogP contribution in [0.25, 0.3) is 0 Å². The molecule has 7 heteroatoms. The van der Waals surface area contributed by atoms with Crippen molar-refractivity contribution in [3.05, 3.63) is 52.9 Å². The van der Waals surface area contributed by atoms with Crippen LogP contribution in [0.5, 0.6) is 0 Å². The number of hydrogen-bond acceptors (Lipinski definition) is 5. The van der Waals surface area contributed by atoms with Crippen LogP contribution >= 0.6 is 11.6 Å². The second-order valence-electron chi connectivity index (χ2n) is 4.23. The van der Waals surface area contributed by atoms with Gasteiger partial charge in [0.2, 0.25) is 0 Å². The maximum absolute atomic E-state index is 8.56. The summed E-state index contributed by atoms with van der Waals surface area (Å²) in [5, 5.41) is 12.1. The Morgan fingerprint density at radius 3 is 2.80 bits per heavy atom. The smallest absolute Gasteiger partial charge is 0.190 e. The van der Waals surface area contributed by atoms with Crippen molar-refractivity contribution >= 4 is 23.3 Å². The number of nitrogens with zero attached hydrogens (tertiary/aromatic N) is 4. The van der Waals surface area contributed by atoms with Gasteiger partial charge in [0, 0.05) is 18.6 Å². The molecular weight excluding hydrogens is 278 g/mol. The zero-order valence-electron chi connectivity index (χ0n) is 10.9. The van der Waals surface area contributed by atoms with Gasteiger partial charge in [-0.05, 0) is 17.7 Å². The van der Waals surface area contributed by atoms with Crippen molar-refractivity contribution in [2.45, 2.75) is 6.54 Å². The summed E-state index contributed by atoms with van der Waals surface area (Å²) in [5.41, 5.74) is 6.83. The molecule has 0 radical (unpaired) electrons. The summed E-state index contributed by atoms with van der Waals surface area (Å²) in [5.74, 6) is 0.612. The van der Waals surface area contributed by atoms with E-state index >= 15 is 0 Å². The summed E-state index contributed by atoms with van der Waals surface area (Å²) in [7, 11) is 1.90. The third kappa shape index (κ3) is 3.36. The number of amidine groups is 1. The van der Waals surface area contributed by atoms with E-state index in [-0.39, 0.29) is 5.84 Å². The Kier molecular flexibility index (Phi) is 4.37. The molecule has 0 atom stereocenters. The lowest BCUT2D eigenvalue weighted by Gasteiger charge is -2.18. The maximum atomic E-state index is 8.56. The second kappa shape index (κ2) is 6.21. The molecule has 0 bridgehead atoms. The van der Waals surface area contributed by atoms with Crippen molar-refractivity contribution in [2.24, 2.45) is 10.9 Å². The molecule has 6 nitrogen and oxygen atoms in total. The molecule has 2 aromatic rings. The zero-order valence-corrected chi connectivity index (χ0v) is 11.6. The Labute approximate surface area is 121 Å². The van der Waals surface area contributed by atoms with Gasteiger partial charge in [-0.25, -0.2) is 9.97 Å². The molecule has 3 N–H and O–H groups in total. The van der Waals surface area contributed by atoms with Gasteiger partial charge in [0.1, 0.15) is 11.5 Å². The predicted molar refractivity (Wildman–Crippen MR) is 78.1 cm³/mol. The fourth-order valence-electron chi connectivity index (χ4n) is 1.69. The lowest BCUT2D eigenvalue weighted by atomic mass is 10.2. The molecule has 0 saturated heterocycles. The van der Waals surface area contributed by atoms with E-state index in [2.05, 4.69) is 15.1 Å². The minimum absolute atomic E-state index is 0.0680. The van der Waals surface area contributed by atoms with Gasteiger partial charge >= 0.3 is 0 Å². The van der Waals surface area contributed by atoms with E-state index < -0.39 is 0 Å². The van der Waals surface area contributed by atoms with Gasteiger partial charge in [-0.3, -0.25) is 0 Å². The second-order valence-corrected chi connectivity index (χ2v) is 4.67. The fourth-order valence-corrected chi connectivity index (χ4v) is 1.90. The summed E-state index contributed by atoms with van der Waals surface area (Å²) >= 11 is 5.95. The average molecular weight is 292 g/mol. The summed E-state index contributed by atoms with van der Waals surface area (Å²) < 4.78 is 0. The average Bonchev–Trinajstić information content (AvgIpc) is 2.46. The molecule has 1 heterocycles. The Morgan fingerprint density at radius 1 is 1.40 bits per heavy atom. The van der Waals surface area contributed by atoms with Crippen molar-refractivity contribution < 1.29 is 5.21 Å². The quantitative estimate of drug-likeness (QED) is 0.388. The molecular formula is C13H14ClN5O.